The zero-order chi connectivity index (χ0) is 13.9. The second-order valence-electron chi connectivity index (χ2n) is 5.29. The Balaban J connectivity index is 1.78. The summed E-state index contributed by atoms with van der Waals surface area (Å²) in [6.45, 7) is 0. The van der Waals surface area contributed by atoms with Gasteiger partial charge in [0, 0.05) is 28.0 Å². The van der Waals surface area contributed by atoms with Crippen molar-refractivity contribution < 1.29 is 4.79 Å². The van der Waals surface area contributed by atoms with E-state index in [2.05, 4.69) is 26.2 Å². The SMILES string of the molecule is O=C(NC1CCCCC1Br)c1ccc2ncccc2c1. The molecule has 1 heterocycles. The molecule has 0 aliphatic heterocycles. The molecule has 3 nitrogen and oxygen atoms in total. The average molecular weight is 333 g/mol. The van der Waals surface area contributed by atoms with E-state index in [1.807, 2.05) is 30.3 Å². The van der Waals surface area contributed by atoms with Crippen molar-refractivity contribution in [1.82, 2.24) is 10.3 Å². The van der Waals surface area contributed by atoms with Crippen molar-refractivity contribution >= 4 is 32.7 Å². The zero-order valence-electron chi connectivity index (χ0n) is 11.2. The number of hydrogen-bond donors (Lipinski definition) is 1. The first-order valence-corrected chi connectivity index (χ1v) is 7.95. The van der Waals surface area contributed by atoms with Gasteiger partial charge in [-0.2, -0.15) is 0 Å². The van der Waals surface area contributed by atoms with Crippen LogP contribution in [0, 0.1) is 0 Å². The van der Waals surface area contributed by atoms with Gasteiger partial charge in [-0.05, 0) is 37.1 Å². The zero-order valence-corrected chi connectivity index (χ0v) is 12.8. The molecular weight excluding hydrogens is 316 g/mol. The average Bonchev–Trinajstić information content (AvgIpc) is 2.49. The Labute approximate surface area is 126 Å². The molecule has 20 heavy (non-hydrogen) atoms. The number of rotatable bonds is 2. The molecule has 1 aliphatic carbocycles. The molecule has 0 saturated heterocycles. The number of alkyl halides is 1. The van der Waals surface area contributed by atoms with Crippen LogP contribution in [-0.4, -0.2) is 21.8 Å². The summed E-state index contributed by atoms with van der Waals surface area (Å²) < 4.78 is 0. The molecule has 1 fully saturated rings. The highest BCUT2D eigenvalue weighted by Gasteiger charge is 2.24. The summed E-state index contributed by atoms with van der Waals surface area (Å²) >= 11 is 3.67. The Hall–Kier alpha value is -1.42. The second kappa shape index (κ2) is 5.92. The summed E-state index contributed by atoms with van der Waals surface area (Å²) in [5.74, 6) is 0.00658. The van der Waals surface area contributed by atoms with Crippen molar-refractivity contribution in [3.05, 3.63) is 42.1 Å². The lowest BCUT2D eigenvalue weighted by Crippen LogP contribution is -2.42. The van der Waals surface area contributed by atoms with Crippen LogP contribution in [0.3, 0.4) is 0 Å². The van der Waals surface area contributed by atoms with E-state index >= 15 is 0 Å². The standard InChI is InChI=1S/C16H17BrN2O/c17-13-5-1-2-6-15(13)19-16(20)12-7-8-14-11(10-12)4-3-9-18-14/h3-4,7-10,13,15H,1-2,5-6H2,(H,19,20). The minimum atomic E-state index is 0.00658. The molecular formula is C16H17BrN2O. The van der Waals surface area contributed by atoms with Crippen LogP contribution in [0.4, 0.5) is 0 Å². The molecule has 0 spiro atoms. The first-order valence-electron chi connectivity index (χ1n) is 7.04. The van der Waals surface area contributed by atoms with E-state index in [0.717, 1.165) is 23.7 Å². The maximum absolute atomic E-state index is 12.3. The van der Waals surface area contributed by atoms with Crippen LogP contribution in [-0.2, 0) is 0 Å². The van der Waals surface area contributed by atoms with Gasteiger partial charge in [-0.25, -0.2) is 0 Å². The van der Waals surface area contributed by atoms with E-state index in [1.165, 1.54) is 12.8 Å². The van der Waals surface area contributed by atoms with Crippen LogP contribution >= 0.6 is 15.9 Å². The number of carbonyl (C=O) groups excluding carboxylic acids is 1. The monoisotopic (exact) mass is 332 g/mol. The molecule has 1 saturated carbocycles. The first-order chi connectivity index (χ1) is 9.74. The van der Waals surface area contributed by atoms with Gasteiger partial charge in [0.15, 0.2) is 0 Å². The number of hydrogen-bond acceptors (Lipinski definition) is 2. The summed E-state index contributed by atoms with van der Waals surface area (Å²) in [6.07, 6.45) is 6.38. The van der Waals surface area contributed by atoms with Crippen LogP contribution in [0.1, 0.15) is 36.0 Å². The predicted molar refractivity (Wildman–Crippen MR) is 84.2 cm³/mol. The summed E-state index contributed by atoms with van der Waals surface area (Å²) in [7, 11) is 0. The van der Waals surface area contributed by atoms with Crippen LogP contribution in [0.15, 0.2) is 36.5 Å². The third-order valence-electron chi connectivity index (χ3n) is 3.86. The highest BCUT2D eigenvalue weighted by molar-refractivity contribution is 9.09. The molecule has 0 bridgehead atoms. The minimum absolute atomic E-state index is 0.00658. The third kappa shape index (κ3) is 2.85. The van der Waals surface area contributed by atoms with E-state index in [9.17, 15) is 4.79 Å². The molecule has 1 aliphatic rings. The van der Waals surface area contributed by atoms with Crippen molar-refractivity contribution in [2.45, 2.75) is 36.6 Å². The molecule has 4 heteroatoms. The summed E-state index contributed by atoms with van der Waals surface area (Å²) in [5.41, 5.74) is 1.62. The number of nitrogens with zero attached hydrogens (tertiary/aromatic N) is 1. The second-order valence-corrected chi connectivity index (χ2v) is 6.47. The molecule has 1 amide bonds. The van der Waals surface area contributed by atoms with Crippen LogP contribution < -0.4 is 5.32 Å². The topological polar surface area (TPSA) is 42.0 Å². The van der Waals surface area contributed by atoms with Crippen LogP contribution in [0.25, 0.3) is 10.9 Å². The van der Waals surface area contributed by atoms with Gasteiger partial charge in [-0.3, -0.25) is 9.78 Å². The van der Waals surface area contributed by atoms with Gasteiger partial charge in [0.25, 0.3) is 5.91 Å². The van der Waals surface area contributed by atoms with Crippen molar-refractivity contribution in [2.24, 2.45) is 0 Å². The highest BCUT2D eigenvalue weighted by Crippen LogP contribution is 2.25. The lowest BCUT2D eigenvalue weighted by molar-refractivity contribution is 0.0930. The molecule has 2 aromatic rings. The fraction of sp³-hybridized carbons (Fsp3) is 0.375. The molecule has 3 rings (SSSR count). The number of carbonyl (C=O) groups is 1. The fourth-order valence-corrected chi connectivity index (χ4v) is 3.44. The van der Waals surface area contributed by atoms with Gasteiger partial charge in [-0.15, -0.1) is 0 Å². The quantitative estimate of drug-likeness (QED) is 0.852. The van der Waals surface area contributed by atoms with Gasteiger partial charge < -0.3 is 5.32 Å². The number of nitrogens with one attached hydrogen (secondary N) is 1. The number of amides is 1. The van der Waals surface area contributed by atoms with E-state index in [1.54, 1.807) is 6.20 Å². The number of halogens is 1. The van der Waals surface area contributed by atoms with Gasteiger partial charge in [0.1, 0.15) is 0 Å². The Morgan fingerprint density at radius 1 is 1.25 bits per heavy atom. The third-order valence-corrected chi connectivity index (χ3v) is 4.96. The lowest BCUT2D eigenvalue weighted by atomic mass is 9.95. The first kappa shape index (κ1) is 13.6. The van der Waals surface area contributed by atoms with Gasteiger partial charge in [-0.1, -0.05) is 34.8 Å². The summed E-state index contributed by atoms with van der Waals surface area (Å²) in [6, 6.07) is 9.75. The van der Waals surface area contributed by atoms with E-state index in [0.29, 0.717) is 10.4 Å². The van der Waals surface area contributed by atoms with Crippen molar-refractivity contribution in [3.8, 4) is 0 Å². The van der Waals surface area contributed by atoms with Crippen LogP contribution in [0.5, 0.6) is 0 Å². The Morgan fingerprint density at radius 3 is 2.95 bits per heavy atom. The molecule has 0 radical (unpaired) electrons. The lowest BCUT2D eigenvalue weighted by Gasteiger charge is -2.28. The van der Waals surface area contributed by atoms with Crippen molar-refractivity contribution in [3.63, 3.8) is 0 Å². The van der Waals surface area contributed by atoms with E-state index < -0.39 is 0 Å². The summed E-state index contributed by atoms with van der Waals surface area (Å²) in [5, 5.41) is 4.14. The van der Waals surface area contributed by atoms with E-state index in [-0.39, 0.29) is 11.9 Å². The maximum Gasteiger partial charge on any atom is 0.251 e. The molecule has 2 atom stereocenters. The van der Waals surface area contributed by atoms with E-state index in [4.69, 9.17) is 0 Å². The normalized spacial score (nSPS) is 22.6. The van der Waals surface area contributed by atoms with Crippen LogP contribution in [0.2, 0.25) is 0 Å². The molecule has 104 valence electrons. The van der Waals surface area contributed by atoms with Gasteiger partial charge >= 0.3 is 0 Å². The highest BCUT2D eigenvalue weighted by atomic mass is 79.9. The Kier molecular flexibility index (Phi) is 4.01. The number of benzene rings is 1. The minimum Gasteiger partial charge on any atom is -0.348 e. The van der Waals surface area contributed by atoms with Crippen molar-refractivity contribution in [1.29, 1.82) is 0 Å². The Morgan fingerprint density at radius 2 is 2.10 bits per heavy atom. The van der Waals surface area contributed by atoms with Gasteiger partial charge in [0.05, 0.1) is 5.52 Å². The molecule has 1 aromatic heterocycles. The number of pyridine rings is 1. The maximum atomic E-state index is 12.3. The number of aromatic nitrogens is 1. The Bertz CT molecular complexity index is 629. The summed E-state index contributed by atoms with van der Waals surface area (Å²) in [4.78, 5) is 17.0. The predicted octanol–water partition coefficient (Wildman–Crippen LogP) is 3.67. The smallest absolute Gasteiger partial charge is 0.251 e. The molecule has 1 N–H and O–H groups in total. The van der Waals surface area contributed by atoms with Gasteiger partial charge in [0.2, 0.25) is 0 Å². The largest absolute Gasteiger partial charge is 0.348 e. The molecule has 2 unspecified atom stereocenters. The fourth-order valence-electron chi connectivity index (χ4n) is 2.72. The molecule has 1 aromatic carbocycles. The number of fused-ring (bicyclic) bond motifs is 1. The van der Waals surface area contributed by atoms with Crippen molar-refractivity contribution in [2.75, 3.05) is 0 Å².